The number of rotatable bonds is 3. The number of benzene rings is 9. The van der Waals surface area contributed by atoms with Crippen LogP contribution in [0.5, 0.6) is 0 Å². The minimum Gasteiger partial charge on any atom is -0.0619 e. The van der Waals surface area contributed by atoms with Gasteiger partial charge in [-0.3, -0.25) is 0 Å². The zero-order chi connectivity index (χ0) is 32.7. The molecule has 0 unspecified atom stereocenters. The summed E-state index contributed by atoms with van der Waals surface area (Å²) >= 11 is 0. The van der Waals surface area contributed by atoms with E-state index in [0.717, 1.165) is 0 Å². The summed E-state index contributed by atoms with van der Waals surface area (Å²) in [7, 11) is 0. The third-order valence-corrected chi connectivity index (χ3v) is 11.0. The molecule has 10 rings (SSSR count). The largest absolute Gasteiger partial charge is 0.0619 e. The Morgan fingerprint density at radius 2 is 0.776 bits per heavy atom. The lowest BCUT2D eigenvalue weighted by atomic mass is 9.81. The van der Waals surface area contributed by atoms with Gasteiger partial charge in [-0.1, -0.05) is 159 Å². The highest BCUT2D eigenvalue weighted by atomic mass is 14.4. The van der Waals surface area contributed by atoms with E-state index in [9.17, 15) is 0 Å². The average molecular weight is 623 g/mol. The van der Waals surface area contributed by atoms with Gasteiger partial charge in [0, 0.05) is 5.41 Å². The van der Waals surface area contributed by atoms with E-state index in [2.05, 4.69) is 184 Å². The van der Waals surface area contributed by atoms with Gasteiger partial charge in [0.25, 0.3) is 0 Å². The van der Waals surface area contributed by atoms with Crippen molar-refractivity contribution in [2.45, 2.75) is 19.3 Å². The van der Waals surface area contributed by atoms with Gasteiger partial charge in [-0.05, 0) is 123 Å². The maximum absolute atomic E-state index is 2.43. The predicted octanol–water partition coefficient (Wildman–Crippen LogP) is 13.6. The number of fused-ring (bicyclic) bond motifs is 8. The van der Waals surface area contributed by atoms with Gasteiger partial charge in [0.05, 0.1) is 0 Å². The standard InChI is InChI=1S/C49H34/c1-49(2)47-20-8-7-15-44(47)45-26-25-36(30-48(45)49)39-17-10-18-41-38(16-9-19-42(39)41)34-23-21-32-28-35(24-22-31(32)27-34)46-29-33-11-3-4-12-37(33)40-13-5-6-14-43(40)46/h3-30H,1-2H3. The van der Waals surface area contributed by atoms with E-state index in [1.165, 1.54) is 98.7 Å². The van der Waals surface area contributed by atoms with Gasteiger partial charge in [0.1, 0.15) is 0 Å². The fraction of sp³-hybridized carbons (Fsp3) is 0.0612. The van der Waals surface area contributed by atoms with Gasteiger partial charge < -0.3 is 0 Å². The third-order valence-electron chi connectivity index (χ3n) is 11.0. The van der Waals surface area contributed by atoms with Crippen LogP contribution in [0.4, 0.5) is 0 Å². The zero-order valence-corrected chi connectivity index (χ0v) is 27.7. The first-order chi connectivity index (χ1) is 24.0. The first-order valence-electron chi connectivity index (χ1n) is 17.3. The highest BCUT2D eigenvalue weighted by Gasteiger charge is 2.35. The quantitative estimate of drug-likeness (QED) is 0.172. The lowest BCUT2D eigenvalue weighted by Gasteiger charge is -2.22. The molecule has 9 aromatic rings. The Hall–Kier alpha value is -5.98. The van der Waals surface area contributed by atoms with Crippen LogP contribution in [-0.4, -0.2) is 0 Å². The molecule has 0 amide bonds. The molecule has 0 bridgehead atoms. The Morgan fingerprint density at radius 1 is 0.286 bits per heavy atom. The molecule has 0 saturated heterocycles. The molecule has 0 saturated carbocycles. The van der Waals surface area contributed by atoms with Gasteiger partial charge in [-0.2, -0.15) is 0 Å². The second kappa shape index (κ2) is 10.5. The van der Waals surface area contributed by atoms with Crippen LogP contribution in [0.1, 0.15) is 25.0 Å². The Kier molecular flexibility index (Phi) is 6.02. The van der Waals surface area contributed by atoms with E-state index in [1.807, 2.05) is 0 Å². The van der Waals surface area contributed by atoms with Crippen LogP contribution in [0.2, 0.25) is 0 Å². The molecule has 0 N–H and O–H groups in total. The van der Waals surface area contributed by atoms with E-state index in [-0.39, 0.29) is 5.41 Å². The molecule has 0 fully saturated rings. The molecular weight excluding hydrogens is 589 g/mol. The van der Waals surface area contributed by atoms with Crippen molar-refractivity contribution >= 4 is 43.1 Å². The molecule has 1 aliphatic rings. The molecule has 0 radical (unpaired) electrons. The minimum absolute atomic E-state index is 0.0238. The monoisotopic (exact) mass is 622 g/mol. The van der Waals surface area contributed by atoms with Gasteiger partial charge in [-0.15, -0.1) is 0 Å². The summed E-state index contributed by atoms with van der Waals surface area (Å²) in [5, 5.41) is 10.2. The fourth-order valence-electron chi connectivity index (χ4n) is 8.56. The zero-order valence-electron chi connectivity index (χ0n) is 27.7. The molecule has 0 aliphatic heterocycles. The minimum atomic E-state index is -0.0238. The summed E-state index contributed by atoms with van der Waals surface area (Å²) in [6, 6.07) is 63.2. The summed E-state index contributed by atoms with van der Waals surface area (Å²) in [4.78, 5) is 0. The second-order valence-electron chi connectivity index (χ2n) is 14.1. The average Bonchev–Trinajstić information content (AvgIpc) is 3.39. The number of hydrogen-bond acceptors (Lipinski definition) is 0. The summed E-state index contributed by atoms with van der Waals surface area (Å²) in [6.07, 6.45) is 0. The maximum Gasteiger partial charge on any atom is 0.0159 e. The highest BCUT2D eigenvalue weighted by molar-refractivity contribution is 6.14. The smallest absolute Gasteiger partial charge is 0.0159 e. The van der Waals surface area contributed by atoms with E-state index in [1.54, 1.807) is 0 Å². The van der Waals surface area contributed by atoms with Crippen molar-refractivity contribution < 1.29 is 0 Å². The van der Waals surface area contributed by atoms with Crippen LogP contribution in [0.15, 0.2) is 170 Å². The molecular formula is C49H34. The lowest BCUT2D eigenvalue weighted by Crippen LogP contribution is -2.14. The van der Waals surface area contributed by atoms with Crippen LogP contribution in [-0.2, 0) is 5.41 Å². The van der Waals surface area contributed by atoms with Gasteiger partial charge in [0.15, 0.2) is 0 Å². The summed E-state index contributed by atoms with van der Waals surface area (Å²) < 4.78 is 0. The SMILES string of the molecule is CC1(C)c2ccccc2-c2ccc(-c3cccc4c(-c5ccc6cc(-c7cc8ccccc8c8ccccc78)ccc6c5)cccc34)cc21. The van der Waals surface area contributed by atoms with Crippen molar-refractivity contribution in [1.29, 1.82) is 0 Å². The molecule has 0 heteroatoms. The van der Waals surface area contributed by atoms with Gasteiger partial charge in [0.2, 0.25) is 0 Å². The Bertz CT molecular complexity index is 2800. The molecule has 0 spiro atoms. The van der Waals surface area contributed by atoms with E-state index in [4.69, 9.17) is 0 Å². The van der Waals surface area contributed by atoms with E-state index < -0.39 is 0 Å². The van der Waals surface area contributed by atoms with E-state index >= 15 is 0 Å². The summed E-state index contributed by atoms with van der Waals surface area (Å²) in [5.41, 5.74) is 13.1. The Labute approximate surface area is 286 Å². The summed E-state index contributed by atoms with van der Waals surface area (Å²) in [5.74, 6) is 0. The van der Waals surface area contributed by atoms with Gasteiger partial charge >= 0.3 is 0 Å². The highest BCUT2D eigenvalue weighted by Crippen LogP contribution is 2.50. The fourth-order valence-corrected chi connectivity index (χ4v) is 8.56. The first-order valence-corrected chi connectivity index (χ1v) is 17.3. The van der Waals surface area contributed by atoms with Crippen molar-refractivity contribution in [3.05, 3.63) is 181 Å². The molecule has 9 aromatic carbocycles. The normalized spacial score (nSPS) is 13.3. The molecule has 0 heterocycles. The molecule has 1 aliphatic carbocycles. The van der Waals surface area contributed by atoms with Crippen LogP contribution in [0.25, 0.3) is 87.6 Å². The van der Waals surface area contributed by atoms with Crippen LogP contribution in [0.3, 0.4) is 0 Å². The lowest BCUT2D eigenvalue weighted by molar-refractivity contribution is 0.660. The molecule has 49 heavy (non-hydrogen) atoms. The van der Waals surface area contributed by atoms with Crippen LogP contribution in [0, 0.1) is 0 Å². The Morgan fingerprint density at radius 3 is 1.51 bits per heavy atom. The van der Waals surface area contributed by atoms with E-state index in [0.29, 0.717) is 0 Å². The topological polar surface area (TPSA) is 0 Å². The van der Waals surface area contributed by atoms with Crippen molar-refractivity contribution in [1.82, 2.24) is 0 Å². The summed E-state index contributed by atoms with van der Waals surface area (Å²) in [6.45, 7) is 4.71. The van der Waals surface area contributed by atoms with Gasteiger partial charge in [-0.25, -0.2) is 0 Å². The van der Waals surface area contributed by atoms with Crippen molar-refractivity contribution in [3.8, 4) is 44.5 Å². The second-order valence-corrected chi connectivity index (χ2v) is 14.1. The molecule has 230 valence electrons. The van der Waals surface area contributed by atoms with Crippen molar-refractivity contribution in [3.63, 3.8) is 0 Å². The maximum atomic E-state index is 2.43. The first kappa shape index (κ1) is 28.1. The van der Waals surface area contributed by atoms with Crippen LogP contribution < -0.4 is 0 Å². The Balaban J connectivity index is 1.06. The molecule has 0 nitrogen and oxygen atoms in total. The third kappa shape index (κ3) is 4.24. The van der Waals surface area contributed by atoms with Crippen molar-refractivity contribution in [2.75, 3.05) is 0 Å². The predicted molar refractivity (Wildman–Crippen MR) is 210 cm³/mol. The van der Waals surface area contributed by atoms with Crippen LogP contribution >= 0.6 is 0 Å². The number of hydrogen-bond donors (Lipinski definition) is 0. The molecule has 0 aromatic heterocycles. The van der Waals surface area contributed by atoms with Crippen molar-refractivity contribution in [2.24, 2.45) is 0 Å². The molecule has 0 atom stereocenters.